The molecule has 0 bridgehead atoms. The van der Waals surface area contributed by atoms with E-state index in [0.717, 1.165) is 30.7 Å². The third-order valence-electron chi connectivity index (χ3n) is 5.75. The van der Waals surface area contributed by atoms with Crippen LogP contribution in [0.3, 0.4) is 0 Å². The predicted molar refractivity (Wildman–Crippen MR) is 84.2 cm³/mol. The normalized spacial score (nSPS) is 30.9. The number of aromatic amines is 1. The lowest BCUT2D eigenvalue weighted by atomic mass is 9.83. The quantitative estimate of drug-likeness (QED) is 0.907. The van der Waals surface area contributed by atoms with Crippen molar-refractivity contribution in [2.75, 3.05) is 26.2 Å². The highest BCUT2D eigenvalue weighted by Gasteiger charge is 2.34. The Hall–Kier alpha value is -0.870. The van der Waals surface area contributed by atoms with Crippen molar-refractivity contribution in [3.63, 3.8) is 0 Å². The summed E-state index contributed by atoms with van der Waals surface area (Å²) in [6.45, 7) is 8.35. The van der Waals surface area contributed by atoms with Crippen LogP contribution in [0.1, 0.15) is 49.3 Å². The minimum Gasteiger partial charge on any atom is -0.345 e. The van der Waals surface area contributed by atoms with Gasteiger partial charge in [-0.15, -0.1) is 0 Å². The number of aryl methyl sites for hydroxylation is 1. The molecule has 0 radical (unpaired) electrons. The molecule has 2 fully saturated rings. The van der Waals surface area contributed by atoms with Crippen LogP contribution in [0.15, 0.2) is 0 Å². The van der Waals surface area contributed by atoms with Gasteiger partial charge < -0.3 is 9.88 Å². The lowest BCUT2D eigenvalue weighted by molar-refractivity contribution is 0.0377. The number of nitrogens with one attached hydrogen (secondary N) is 1. The molecule has 0 aliphatic carbocycles. The van der Waals surface area contributed by atoms with E-state index < -0.39 is 0 Å². The van der Waals surface area contributed by atoms with E-state index in [4.69, 9.17) is 0 Å². The number of rotatable bonds is 2. The zero-order valence-electron chi connectivity index (χ0n) is 13.3. The standard InChI is InChI=1S/C17H28N4/c1-13-18-15-7-10-20(12-16(15)19-13)11-14-5-4-9-21-8-3-2-6-17(14)21/h14,17H,2-12H2,1H3,(H,18,19)/t14-,17+/m0/s1. The number of aromatic nitrogens is 2. The summed E-state index contributed by atoms with van der Waals surface area (Å²) < 4.78 is 0. The summed E-state index contributed by atoms with van der Waals surface area (Å²) in [5.74, 6) is 1.97. The van der Waals surface area contributed by atoms with Crippen LogP contribution in [0, 0.1) is 12.8 Å². The van der Waals surface area contributed by atoms with Gasteiger partial charge in [-0.1, -0.05) is 6.42 Å². The van der Waals surface area contributed by atoms with E-state index in [2.05, 4.69) is 26.7 Å². The molecule has 0 unspecified atom stereocenters. The average molecular weight is 288 g/mol. The van der Waals surface area contributed by atoms with Gasteiger partial charge in [0.15, 0.2) is 0 Å². The van der Waals surface area contributed by atoms with Crippen molar-refractivity contribution in [2.45, 2.75) is 58.0 Å². The van der Waals surface area contributed by atoms with Gasteiger partial charge in [0.1, 0.15) is 5.82 Å². The van der Waals surface area contributed by atoms with Crippen LogP contribution in [0.2, 0.25) is 0 Å². The predicted octanol–water partition coefficient (Wildman–Crippen LogP) is 2.34. The fourth-order valence-corrected chi connectivity index (χ4v) is 4.77. The fourth-order valence-electron chi connectivity index (χ4n) is 4.77. The summed E-state index contributed by atoms with van der Waals surface area (Å²) in [7, 11) is 0. The topological polar surface area (TPSA) is 35.2 Å². The van der Waals surface area contributed by atoms with E-state index in [-0.39, 0.29) is 0 Å². The van der Waals surface area contributed by atoms with Crippen LogP contribution in [-0.2, 0) is 13.0 Å². The SMILES string of the molecule is Cc1nc2c([nH]1)CN(C[C@@H]1CCCN3CCCC[C@H]13)CC2. The zero-order chi connectivity index (χ0) is 14.2. The maximum atomic E-state index is 4.61. The van der Waals surface area contributed by atoms with Crippen molar-refractivity contribution >= 4 is 0 Å². The molecule has 4 heteroatoms. The van der Waals surface area contributed by atoms with E-state index in [1.165, 1.54) is 69.7 Å². The Morgan fingerprint density at radius 3 is 3.00 bits per heavy atom. The van der Waals surface area contributed by atoms with E-state index in [9.17, 15) is 0 Å². The van der Waals surface area contributed by atoms with E-state index in [1.807, 2.05) is 0 Å². The van der Waals surface area contributed by atoms with E-state index >= 15 is 0 Å². The summed E-state index contributed by atoms with van der Waals surface area (Å²) in [6, 6.07) is 0.873. The minimum atomic E-state index is 0.873. The Kier molecular flexibility index (Phi) is 3.76. The molecule has 1 N–H and O–H groups in total. The van der Waals surface area contributed by atoms with Crippen molar-refractivity contribution in [3.8, 4) is 0 Å². The maximum Gasteiger partial charge on any atom is 0.103 e. The van der Waals surface area contributed by atoms with Crippen molar-refractivity contribution < 1.29 is 0 Å². The number of hydrogen-bond acceptors (Lipinski definition) is 3. The number of piperidine rings is 2. The highest BCUT2D eigenvalue weighted by Crippen LogP contribution is 2.32. The molecule has 2 saturated heterocycles. The molecule has 0 aromatic carbocycles. The van der Waals surface area contributed by atoms with Gasteiger partial charge in [-0.05, 0) is 51.6 Å². The highest BCUT2D eigenvalue weighted by atomic mass is 15.2. The Morgan fingerprint density at radius 1 is 1.14 bits per heavy atom. The molecular weight excluding hydrogens is 260 g/mol. The Balaban J connectivity index is 1.41. The molecule has 3 aliphatic rings. The van der Waals surface area contributed by atoms with Gasteiger partial charge in [0.05, 0.1) is 11.4 Å². The van der Waals surface area contributed by atoms with Gasteiger partial charge in [0.2, 0.25) is 0 Å². The van der Waals surface area contributed by atoms with Gasteiger partial charge in [0, 0.05) is 32.1 Å². The number of nitrogens with zero attached hydrogens (tertiary/aromatic N) is 3. The van der Waals surface area contributed by atoms with Crippen molar-refractivity contribution in [1.82, 2.24) is 19.8 Å². The molecule has 21 heavy (non-hydrogen) atoms. The molecule has 0 amide bonds. The number of imidazole rings is 1. The van der Waals surface area contributed by atoms with Gasteiger partial charge >= 0.3 is 0 Å². The first kappa shape index (κ1) is 13.8. The van der Waals surface area contributed by atoms with Gasteiger partial charge in [0.25, 0.3) is 0 Å². The van der Waals surface area contributed by atoms with Crippen LogP contribution < -0.4 is 0 Å². The summed E-state index contributed by atoms with van der Waals surface area (Å²) in [6.07, 6.45) is 8.27. The van der Waals surface area contributed by atoms with Crippen molar-refractivity contribution in [2.24, 2.45) is 5.92 Å². The van der Waals surface area contributed by atoms with Crippen LogP contribution in [-0.4, -0.2) is 52.0 Å². The van der Waals surface area contributed by atoms with Crippen molar-refractivity contribution in [3.05, 3.63) is 17.2 Å². The van der Waals surface area contributed by atoms with Crippen LogP contribution in [0.5, 0.6) is 0 Å². The Labute approximate surface area is 127 Å². The second-order valence-electron chi connectivity index (χ2n) is 7.23. The second-order valence-corrected chi connectivity index (χ2v) is 7.23. The first-order chi connectivity index (χ1) is 10.3. The lowest BCUT2D eigenvalue weighted by Gasteiger charge is -2.46. The third-order valence-corrected chi connectivity index (χ3v) is 5.75. The monoisotopic (exact) mass is 288 g/mol. The van der Waals surface area contributed by atoms with Crippen molar-refractivity contribution in [1.29, 1.82) is 0 Å². The third kappa shape index (κ3) is 2.76. The first-order valence-corrected chi connectivity index (χ1v) is 8.80. The molecule has 116 valence electrons. The lowest BCUT2D eigenvalue weighted by Crippen LogP contribution is -2.51. The second kappa shape index (κ2) is 5.73. The first-order valence-electron chi connectivity index (χ1n) is 8.80. The van der Waals surface area contributed by atoms with E-state index in [0.29, 0.717) is 0 Å². The molecule has 4 heterocycles. The van der Waals surface area contributed by atoms with Gasteiger partial charge in [-0.2, -0.15) is 0 Å². The van der Waals surface area contributed by atoms with Gasteiger partial charge in [-0.25, -0.2) is 4.98 Å². The molecular formula is C17H28N4. The van der Waals surface area contributed by atoms with Crippen LogP contribution >= 0.6 is 0 Å². The smallest absolute Gasteiger partial charge is 0.103 e. The molecule has 1 aromatic rings. The summed E-state index contributed by atoms with van der Waals surface area (Å²) >= 11 is 0. The molecule has 0 saturated carbocycles. The number of hydrogen-bond donors (Lipinski definition) is 1. The Morgan fingerprint density at radius 2 is 2.05 bits per heavy atom. The average Bonchev–Trinajstić information content (AvgIpc) is 2.87. The fraction of sp³-hybridized carbons (Fsp3) is 0.824. The van der Waals surface area contributed by atoms with Crippen LogP contribution in [0.25, 0.3) is 0 Å². The maximum absolute atomic E-state index is 4.61. The summed E-state index contributed by atoms with van der Waals surface area (Å²) in [5.41, 5.74) is 2.68. The Bertz CT molecular complexity index is 493. The number of H-pyrrole nitrogens is 1. The largest absolute Gasteiger partial charge is 0.345 e. The highest BCUT2D eigenvalue weighted by molar-refractivity contribution is 5.17. The molecule has 4 nitrogen and oxygen atoms in total. The summed E-state index contributed by atoms with van der Waals surface area (Å²) in [4.78, 5) is 13.5. The zero-order valence-corrected chi connectivity index (χ0v) is 13.3. The van der Waals surface area contributed by atoms with Crippen LogP contribution in [0.4, 0.5) is 0 Å². The number of fused-ring (bicyclic) bond motifs is 2. The molecule has 0 spiro atoms. The summed E-state index contributed by atoms with van der Waals surface area (Å²) in [5, 5.41) is 0. The molecule has 2 atom stereocenters. The molecule has 3 aliphatic heterocycles. The van der Waals surface area contributed by atoms with E-state index in [1.54, 1.807) is 0 Å². The molecule has 1 aromatic heterocycles. The van der Waals surface area contributed by atoms with Gasteiger partial charge in [-0.3, -0.25) is 4.90 Å². The minimum absolute atomic E-state index is 0.873. The molecule has 4 rings (SSSR count).